The molecule has 2 atom stereocenters. The van der Waals surface area contributed by atoms with E-state index in [1.54, 1.807) is 24.3 Å². The van der Waals surface area contributed by atoms with Gasteiger partial charge < -0.3 is 15.2 Å². The summed E-state index contributed by atoms with van der Waals surface area (Å²) in [5.41, 5.74) is 0. The normalized spacial score (nSPS) is 20.3. The third-order valence-electron chi connectivity index (χ3n) is 3.01. The summed E-state index contributed by atoms with van der Waals surface area (Å²) in [4.78, 5) is 22.5. The molecule has 112 valence electrons. The van der Waals surface area contributed by atoms with Crippen LogP contribution in [0.2, 0.25) is 10.0 Å². The largest absolute Gasteiger partial charge is 0.484 e. The molecule has 5 nitrogen and oxygen atoms in total. The summed E-state index contributed by atoms with van der Waals surface area (Å²) in [6.45, 7) is -0.181. The highest BCUT2D eigenvalue weighted by molar-refractivity contribution is 6.42. The second kappa shape index (κ2) is 6.83. The molecule has 2 N–H and O–H groups in total. The van der Waals surface area contributed by atoms with Gasteiger partial charge in [0, 0.05) is 12.1 Å². The van der Waals surface area contributed by atoms with Crippen LogP contribution in [0.25, 0.3) is 0 Å². The van der Waals surface area contributed by atoms with Crippen molar-refractivity contribution in [3.63, 3.8) is 0 Å². The van der Waals surface area contributed by atoms with Crippen molar-refractivity contribution >= 4 is 35.1 Å². The summed E-state index contributed by atoms with van der Waals surface area (Å²) < 4.78 is 5.29. The fraction of sp³-hybridized carbons (Fsp3) is 0.286. The maximum Gasteiger partial charge on any atom is 0.310 e. The zero-order valence-corrected chi connectivity index (χ0v) is 12.4. The molecule has 21 heavy (non-hydrogen) atoms. The second-order valence-corrected chi connectivity index (χ2v) is 5.42. The van der Waals surface area contributed by atoms with Crippen molar-refractivity contribution in [1.82, 2.24) is 5.32 Å². The SMILES string of the molecule is O=C(COc1ccc(Cl)c(Cl)c1)NC1C=CC(C(=O)O)C1. The molecule has 0 fully saturated rings. The van der Waals surface area contributed by atoms with Crippen molar-refractivity contribution in [3.8, 4) is 5.75 Å². The lowest BCUT2D eigenvalue weighted by Crippen LogP contribution is -2.36. The number of ether oxygens (including phenoxy) is 1. The van der Waals surface area contributed by atoms with Gasteiger partial charge in [0.2, 0.25) is 0 Å². The van der Waals surface area contributed by atoms with Crippen molar-refractivity contribution in [3.05, 3.63) is 40.4 Å². The van der Waals surface area contributed by atoms with Gasteiger partial charge in [-0.3, -0.25) is 9.59 Å². The molecule has 1 aromatic carbocycles. The topological polar surface area (TPSA) is 75.6 Å². The van der Waals surface area contributed by atoms with Gasteiger partial charge in [0.1, 0.15) is 5.75 Å². The van der Waals surface area contributed by atoms with Gasteiger partial charge in [-0.1, -0.05) is 35.4 Å². The minimum atomic E-state index is -0.893. The molecular formula is C14H13Cl2NO4. The zero-order chi connectivity index (χ0) is 15.4. The summed E-state index contributed by atoms with van der Waals surface area (Å²) in [5, 5.41) is 12.3. The van der Waals surface area contributed by atoms with E-state index in [2.05, 4.69) is 5.32 Å². The predicted molar refractivity (Wildman–Crippen MR) is 78.8 cm³/mol. The van der Waals surface area contributed by atoms with E-state index < -0.39 is 11.9 Å². The smallest absolute Gasteiger partial charge is 0.310 e. The molecule has 0 saturated heterocycles. The van der Waals surface area contributed by atoms with Crippen LogP contribution in [0.4, 0.5) is 0 Å². The molecule has 1 aliphatic rings. The molecule has 0 aromatic heterocycles. The molecule has 0 radical (unpaired) electrons. The van der Waals surface area contributed by atoms with Gasteiger partial charge in [0.15, 0.2) is 6.61 Å². The van der Waals surface area contributed by atoms with Gasteiger partial charge in [0.05, 0.1) is 16.0 Å². The highest BCUT2D eigenvalue weighted by Gasteiger charge is 2.25. The lowest BCUT2D eigenvalue weighted by Gasteiger charge is -2.13. The van der Waals surface area contributed by atoms with Crippen LogP contribution < -0.4 is 10.1 Å². The van der Waals surface area contributed by atoms with Crippen LogP contribution in [0, 0.1) is 5.92 Å². The Morgan fingerprint density at radius 1 is 1.29 bits per heavy atom. The standard InChI is InChI=1S/C14H13Cl2NO4/c15-11-4-3-10(6-12(11)16)21-7-13(18)17-9-2-1-8(5-9)14(19)20/h1-4,6,8-9H,5,7H2,(H,17,18)(H,19,20). The van der Waals surface area contributed by atoms with Crippen LogP contribution in [0.1, 0.15) is 6.42 Å². The second-order valence-electron chi connectivity index (χ2n) is 4.60. The van der Waals surface area contributed by atoms with E-state index in [9.17, 15) is 9.59 Å². The van der Waals surface area contributed by atoms with Gasteiger partial charge in [-0.25, -0.2) is 0 Å². The minimum Gasteiger partial charge on any atom is -0.484 e. The van der Waals surface area contributed by atoms with Crippen molar-refractivity contribution in [1.29, 1.82) is 0 Å². The monoisotopic (exact) mass is 329 g/mol. The van der Waals surface area contributed by atoms with Crippen molar-refractivity contribution in [2.24, 2.45) is 5.92 Å². The quantitative estimate of drug-likeness (QED) is 0.814. The number of carboxylic acids is 1. The average molecular weight is 330 g/mol. The van der Waals surface area contributed by atoms with Gasteiger partial charge in [-0.15, -0.1) is 0 Å². The Morgan fingerprint density at radius 3 is 2.67 bits per heavy atom. The van der Waals surface area contributed by atoms with E-state index in [4.69, 9.17) is 33.0 Å². The zero-order valence-electron chi connectivity index (χ0n) is 10.9. The number of hydrogen-bond acceptors (Lipinski definition) is 3. The number of hydrogen-bond donors (Lipinski definition) is 2. The Kier molecular flexibility index (Phi) is 5.09. The maximum absolute atomic E-state index is 11.7. The predicted octanol–water partition coefficient (Wildman–Crippen LogP) is 2.52. The lowest BCUT2D eigenvalue weighted by atomic mass is 10.1. The molecule has 0 bridgehead atoms. The summed E-state index contributed by atoms with van der Waals surface area (Å²) >= 11 is 11.6. The number of carbonyl (C=O) groups excluding carboxylic acids is 1. The highest BCUT2D eigenvalue weighted by atomic mass is 35.5. The van der Waals surface area contributed by atoms with E-state index in [0.717, 1.165) is 0 Å². The molecule has 0 saturated carbocycles. The molecule has 0 heterocycles. The minimum absolute atomic E-state index is 0.181. The molecule has 2 unspecified atom stereocenters. The summed E-state index contributed by atoms with van der Waals surface area (Å²) in [6.07, 6.45) is 3.61. The number of rotatable bonds is 5. The van der Waals surface area contributed by atoms with Crippen LogP contribution in [0.3, 0.4) is 0 Å². The fourth-order valence-electron chi connectivity index (χ4n) is 1.95. The Hall–Kier alpha value is -1.72. The van der Waals surface area contributed by atoms with E-state index in [-0.39, 0.29) is 18.6 Å². The van der Waals surface area contributed by atoms with Crippen LogP contribution in [-0.2, 0) is 9.59 Å². The molecular weight excluding hydrogens is 317 g/mol. The number of nitrogens with one attached hydrogen (secondary N) is 1. The first-order valence-corrected chi connectivity index (χ1v) is 6.99. The maximum atomic E-state index is 11.7. The number of halogens is 2. The molecule has 1 aromatic rings. The first kappa shape index (κ1) is 15.7. The molecule has 0 aliphatic heterocycles. The van der Waals surface area contributed by atoms with Crippen molar-refractivity contribution in [2.45, 2.75) is 12.5 Å². The van der Waals surface area contributed by atoms with Crippen molar-refractivity contribution in [2.75, 3.05) is 6.61 Å². The van der Waals surface area contributed by atoms with Crippen LogP contribution in [0.5, 0.6) is 5.75 Å². The van der Waals surface area contributed by atoms with Gasteiger partial charge in [0.25, 0.3) is 5.91 Å². The average Bonchev–Trinajstić information content (AvgIpc) is 2.89. The molecule has 2 rings (SSSR count). The summed E-state index contributed by atoms with van der Waals surface area (Å²) in [6, 6.07) is 4.43. The Balaban J connectivity index is 1.79. The third-order valence-corrected chi connectivity index (χ3v) is 3.75. The van der Waals surface area contributed by atoms with Gasteiger partial charge >= 0.3 is 5.97 Å². The Morgan fingerprint density at radius 2 is 2.05 bits per heavy atom. The third kappa shape index (κ3) is 4.37. The molecule has 0 spiro atoms. The van der Waals surface area contributed by atoms with E-state index >= 15 is 0 Å². The van der Waals surface area contributed by atoms with Crippen LogP contribution in [0.15, 0.2) is 30.4 Å². The van der Waals surface area contributed by atoms with Gasteiger partial charge in [-0.2, -0.15) is 0 Å². The Labute approximate surface area is 131 Å². The summed E-state index contributed by atoms with van der Waals surface area (Å²) in [7, 11) is 0. The van der Waals surface area contributed by atoms with Gasteiger partial charge in [-0.05, 0) is 18.6 Å². The number of amides is 1. The molecule has 1 amide bonds. The Bertz CT molecular complexity index is 588. The lowest BCUT2D eigenvalue weighted by molar-refractivity contribution is -0.140. The number of benzene rings is 1. The number of carboxylic acid groups (broad SMARTS) is 1. The van der Waals surface area contributed by atoms with E-state index in [1.807, 2.05) is 0 Å². The summed E-state index contributed by atoms with van der Waals surface area (Å²) in [5.74, 6) is -1.34. The van der Waals surface area contributed by atoms with Crippen LogP contribution >= 0.6 is 23.2 Å². The number of carbonyl (C=O) groups is 2. The molecule has 7 heteroatoms. The number of aliphatic carboxylic acids is 1. The fourth-order valence-corrected chi connectivity index (χ4v) is 2.24. The van der Waals surface area contributed by atoms with E-state index in [1.165, 1.54) is 6.07 Å². The molecule has 1 aliphatic carbocycles. The van der Waals surface area contributed by atoms with Crippen molar-refractivity contribution < 1.29 is 19.4 Å². The first-order chi connectivity index (χ1) is 9.95. The van der Waals surface area contributed by atoms with Crippen LogP contribution in [-0.4, -0.2) is 29.6 Å². The van der Waals surface area contributed by atoms with E-state index in [0.29, 0.717) is 22.2 Å². The first-order valence-electron chi connectivity index (χ1n) is 6.24. The highest BCUT2D eigenvalue weighted by Crippen LogP contribution is 2.26.